The number of carbonyl (C=O) groups is 1. The maximum atomic E-state index is 12.6. The van der Waals surface area contributed by atoms with Crippen molar-refractivity contribution in [3.63, 3.8) is 0 Å². The standard InChI is InChI=1S/C18H19NO3/c1-13-18(20)19(11-14-7-3-5-9-16(14)21-2)12-15-8-4-6-10-17(15)22-13/h3-10,13H,11-12H2,1-2H3/t13-/m0/s1. The molecule has 0 aliphatic carbocycles. The van der Waals surface area contributed by atoms with Crippen LogP contribution in [-0.2, 0) is 17.9 Å². The van der Waals surface area contributed by atoms with Crippen LogP contribution in [-0.4, -0.2) is 24.0 Å². The molecule has 2 aromatic carbocycles. The van der Waals surface area contributed by atoms with Gasteiger partial charge in [0.2, 0.25) is 0 Å². The smallest absolute Gasteiger partial charge is 0.263 e. The van der Waals surface area contributed by atoms with Crippen molar-refractivity contribution < 1.29 is 14.3 Å². The molecule has 0 bridgehead atoms. The lowest BCUT2D eigenvalue weighted by Crippen LogP contribution is -2.37. The molecular weight excluding hydrogens is 278 g/mol. The van der Waals surface area contributed by atoms with Crippen molar-refractivity contribution in [1.82, 2.24) is 4.90 Å². The van der Waals surface area contributed by atoms with E-state index in [1.807, 2.05) is 53.4 Å². The maximum absolute atomic E-state index is 12.6. The molecular formula is C18H19NO3. The van der Waals surface area contributed by atoms with E-state index in [9.17, 15) is 4.79 Å². The highest BCUT2D eigenvalue weighted by Gasteiger charge is 2.28. The molecule has 0 spiro atoms. The summed E-state index contributed by atoms with van der Waals surface area (Å²) in [5.41, 5.74) is 2.01. The van der Waals surface area contributed by atoms with Gasteiger partial charge in [0.05, 0.1) is 7.11 Å². The highest BCUT2D eigenvalue weighted by Crippen LogP contribution is 2.27. The average Bonchev–Trinajstić information content (AvgIpc) is 2.66. The molecule has 1 atom stereocenters. The van der Waals surface area contributed by atoms with Gasteiger partial charge in [-0.1, -0.05) is 36.4 Å². The van der Waals surface area contributed by atoms with Gasteiger partial charge in [-0.25, -0.2) is 0 Å². The Morgan fingerprint density at radius 2 is 1.91 bits per heavy atom. The molecule has 0 unspecified atom stereocenters. The minimum absolute atomic E-state index is 0.0119. The SMILES string of the molecule is COc1ccccc1CN1Cc2ccccc2O[C@@H](C)C1=O. The van der Waals surface area contributed by atoms with Gasteiger partial charge in [-0.3, -0.25) is 4.79 Å². The Labute approximate surface area is 130 Å². The minimum atomic E-state index is -0.488. The van der Waals surface area contributed by atoms with Crippen LogP contribution in [0.4, 0.5) is 0 Å². The number of fused-ring (bicyclic) bond motifs is 1. The number of amides is 1. The third-order valence-electron chi connectivity index (χ3n) is 3.85. The van der Waals surface area contributed by atoms with Crippen molar-refractivity contribution in [2.45, 2.75) is 26.1 Å². The van der Waals surface area contributed by atoms with Gasteiger partial charge in [-0.15, -0.1) is 0 Å². The van der Waals surface area contributed by atoms with Crippen LogP contribution in [0, 0.1) is 0 Å². The predicted molar refractivity (Wildman–Crippen MR) is 83.8 cm³/mol. The summed E-state index contributed by atoms with van der Waals surface area (Å²) in [7, 11) is 1.64. The third kappa shape index (κ3) is 2.77. The Bertz CT molecular complexity index is 684. The Kier molecular flexibility index (Phi) is 4.00. The molecule has 2 aromatic rings. The average molecular weight is 297 g/mol. The highest BCUT2D eigenvalue weighted by atomic mass is 16.5. The van der Waals surface area contributed by atoms with E-state index < -0.39 is 6.10 Å². The third-order valence-corrected chi connectivity index (χ3v) is 3.85. The van der Waals surface area contributed by atoms with E-state index in [0.717, 1.165) is 22.6 Å². The minimum Gasteiger partial charge on any atom is -0.496 e. The van der Waals surface area contributed by atoms with E-state index in [0.29, 0.717) is 13.1 Å². The zero-order chi connectivity index (χ0) is 15.5. The summed E-state index contributed by atoms with van der Waals surface area (Å²) < 4.78 is 11.2. The molecule has 0 radical (unpaired) electrons. The van der Waals surface area contributed by atoms with Crippen molar-refractivity contribution in [3.8, 4) is 11.5 Å². The number of hydrogen-bond acceptors (Lipinski definition) is 3. The number of hydrogen-bond donors (Lipinski definition) is 0. The number of nitrogens with zero attached hydrogens (tertiary/aromatic N) is 1. The van der Waals surface area contributed by atoms with Gasteiger partial charge in [-0.2, -0.15) is 0 Å². The highest BCUT2D eigenvalue weighted by molar-refractivity contribution is 5.81. The normalized spacial score (nSPS) is 17.5. The Morgan fingerprint density at radius 1 is 1.18 bits per heavy atom. The first-order valence-corrected chi connectivity index (χ1v) is 7.34. The van der Waals surface area contributed by atoms with Gasteiger partial charge in [0.15, 0.2) is 6.10 Å². The molecule has 0 saturated carbocycles. The summed E-state index contributed by atoms with van der Waals surface area (Å²) in [5, 5.41) is 0. The first kappa shape index (κ1) is 14.4. The van der Waals surface area contributed by atoms with E-state index in [4.69, 9.17) is 9.47 Å². The molecule has 114 valence electrons. The van der Waals surface area contributed by atoms with Gasteiger partial charge in [0.25, 0.3) is 5.91 Å². The van der Waals surface area contributed by atoms with Crippen LogP contribution in [0.2, 0.25) is 0 Å². The molecule has 4 heteroatoms. The summed E-state index contributed by atoms with van der Waals surface area (Å²) in [6.45, 7) is 2.84. The number of rotatable bonds is 3. The second kappa shape index (κ2) is 6.10. The van der Waals surface area contributed by atoms with Crippen molar-refractivity contribution in [2.75, 3.05) is 7.11 Å². The van der Waals surface area contributed by atoms with Crippen LogP contribution in [0.1, 0.15) is 18.1 Å². The Balaban J connectivity index is 1.90. The molecule has 0 N–H and O–H groups in total. The first-order valence-electron chi connectivity index (χ1n) is 7.34. The van der Waals surface area contributed by atoms with Gasteiger partial charge >= 0.3 is 0 Å². The number of ether oxygens (including phenoxy) is 2. The second-order valence-corrected chi connectivity index (χ2v) is 5.37. The maximum Gasteiger partial charge on any atom is 0.263 e. The van der Waals surface area contributed by atoms with Crippen molar-refractivity contribution in [2.24, 2.45) is 0 Å². The zero-order valence-corrected chi connectivity index (χ0v) is 12.8. The summed E-state index contributed by atoms with van der Waals surface area (Å²) in [5.74, 6) is 1.56. The van der Waals surface area contributed by atoms with E-state index in [-0.39, 0.29) is 5.91 Å². The van der Waals surface area contributed by atoms with Crippen molar-refractivity contribution >= 4 is 5.91 Å². The molecule has 22 heavy (non-hydrogen) atoms. The lowest BCUT2D eigenvalue weighted by Gasteiger charge is -2.23. The largest absolute Gasteiger partial charge is 0.496 e. The second-order valence-electron chi connectivity index (χ2n) is 5.37. The monoisotopic (exact) mass is 297 g/mol. The molecule has 1 amide bonds. The van der Waals surface area contributed by atoms with Gasteiger partial charge in [0.1, 0.15) is 11.5 Å². The lowest BCUT2D eigenvalue weighted by atomic mass is 10.1. The van der Waals surface area contributed by atoms with Crippen LogP contribution in [0.3, 0.4) is 0 Å². The van der Waals surface area contributed by atoms with Crippen molar-refractivity contribution in [3.05, 3.63) is 59.7 Å². The molecule has 1 aliphatic heterocycles. The zero-order valence-electron chi connectivity index (χ0n) is 12.8. The quantitative estimate of drug-likeness (QED) is 0.874. The van der Waals surface area contributed by atoms with E-state index in [1.165, 1.54) is 0 Å². The number of methoxy groups -OCH3 is 1. The molecule has 1 heterocycles. The van der Waals surface area contributed by atoms with E-state index in [1.54, 1.807) is 14.0 Å². The van der Waals surface area contributed by atoms with Gasteiger partial charge in [-0.05, 0) is 19.1 Å². The summed E-state index contributed by atoms with van der Waals surface area (Å²) in [4.78, 5) is 14.4. The fourth-order valence-electron chi connectivity index (χ4n) is 2.70. The Morgan fingerprint density at radius 3 is 2.73 bits per heavy atom. The van der Waals surface area contributed by atoms with Crippen molar-refractivity contribution in [1.29, 1.82) is 0 Å². The summed E-state index contributed by atoms with van der Waals surface area (Å²) in [6.07, 6.45) is -0.488. The molecule has 0 aromatic heterocycles. The number of benzene rings is 2. The fourth-order valence-corrected chi connectivity index (χ4v) is 2.70. The van der Waals surface area contributed by atoms with Crippen LogP contribution >= 0.6 is 0 Å². The summed E-state index contributed by atoms with van der Waals surface area (Å²) >= 11 is 0. The van der Waals surface area contributed by atoms with E-state index >= 15 is 0 Å². The van der Waals surface area contributed by atoms with Crippen LogP contribution in [0.25, 0.3) is 0 Å². The fraction of sp³-hybridized carbons (Fsp3) is 0.278. The van der Waals surface area contributed by atoms with Gasteiger partial charge < -0.3 is 14.4 Å². The predicted octanol–water partition coefficient (Wildman–Crippen LogP) is 3.00. The lowest BCUT2D eigenvalue weighted by molar-refractivity contribution is -0.138. The van der Waals surface area contributed by atoms with E-state index in [2.05, 4.69) is 0 Å². The molecule has 0 saturated heterocycles. The first-order chi connectivity index (χ1) is 10.7. The van der Waals surface area contributed by atoms with Crippen LogP contribution < -0.4 is 9.47 Å². The molecule has 4 nitrogen and oxygen atoms in total. The van der Waals surface area contributed by atoms with Crippen LogP contribution in [0.5, 0.6) is 11.5 Å². The topological polar surface area (TPSA) is 38.8 Å². The molecule has 3 rings (SSSR count). The summed E-state index contributed by atoms with van der Waals surface area (Å²) in [6, 6.07) is 15.6. The molecule has 0 fully saturated rings. The number of carbonyl (C=O) groups excluding carboxylic acids is 1. The van der Waals surface area contributed by atoms with Crippen LogP contribution in [0.15, 0.2) is 48.5 Å². The number of para-hydroxylation sites is 2. The molecule has 1 aliphatic rings. The Hall–Kier alpha value is -2.49. The van der Waals surface area contributed by atoms with Gasteiger partial charge in [0, 0.05) is 24.2 Å².